The minimum atomic E-state index is -2.82. The van der Waals surface area contributed by atoms with Crippen LogP contribution in [0.2, 0.25) is 0 Å². The quantitative estimate of drug-likeness (QED) is 0.188. The highest BCUT2D eigenvalue weighted by molar-refractivity contribution is 6.25. The number of primary amides is 1. The highest BCUT2D eigenvalue weighted by Crippen LogP contribution is 2.63. The molecule has 0 spiro atoms. The number of aliphatic hydroxyl groups excluding tert-OH is 2. The Morgan fingerprint density at radius 1 is 1.09 bits per heavy atom. The van der Waals surface area contributed by atoms with Crippen LogP contribution in [0.1, 0.15) is 48.7 Å². The van der Waals surface area contributed by atoms with Crippen molar-refractivity contribution >= 4 is 35.1 Å². The number of amides is 2. The van der Waals surface area contributed by atoms with Crippen LogP contribution < -0.4 is 11.1 Å². The average Bonchev–Trinajstić information content (AvgIpc) is 2.97. The summed E-state index contributed by atoms with van der Waals surface area (Å²) in [6.07, 6.45) is -0.0964. The van der Waals surface area contributed by atoms with Gasteiger partial charge in [-0.05, 0) is 68.8 Å². The summed E-state index contributed by atoms with van der Waals surface area (Å²) in [4.78, 5) is 66.4. The van der Waals surface area contributed by atoms with E-state index in [1.54, 1.807) is 44.2 Å². The molecule has 4 atom stereocenters. The SMILES string of the molecule is CCOC(=O)CNC(=O)c1cccc(-c2ccc(O)c3c2C[C@@]2(C)C[C@@]4(C)[C@H](N(C)C)C(=O)C(C(N)=O)=C(O)[C@@]4(O)C(=O)C2=C3O)c1. The van der Waals surface area contributed by atoms with Crippen LogP contribution in [0, 0.1) is 10.8 Å². The number of benzene rings is 2. The second kappa shape index (κ2) is 11.4. The molecule has 47 heavy (non-hydrogen) atoms. The molecule has 0 radical (unpaired) electrons. The number of aromatic hydroxyl groups is 1. The van der Waals surface area contributed by atoms with E-state index in [4.69, 9.17) is 10.5 Å². The van der Waals surface area contributed by atoms with Gasteiger partial charge in [0.1, 0.15) is 29.4 Å². The van der Waals surface area contributed by atoms with Gasteiger partial charge >= 0.3 is 5.97 Å². The Labute approximate surface area is 270 Å². The molecule has 0 unspecified atom stereocenters. The number of hydrogen-bond acceptors (Lipinski definition) is 11. The first-order chi connectivity index (χ1) is 21.9. The van der Waals surface area contributed by atoms with E-state index in [2.05, 4.69) is 5.32 Å². The molecule has 0 aliphatic heterocycles. The highest BCUT2D eigenvalue weighted by Gasteiger charge is 2.72. The van der Waals surface area contributed by atoms with Gasteiger partial charge in [0.15, 0.2) is 11.4 Å². The molecule has 2 aromatic rings. The van der Waals surface area contributed by atoms with Crippen molar-refractivity contribution in [3.8, 4) is 16.9 Å². The number of ketones is 2. The van der Waals surface area contributed by atoms with Crippen LogP contribution in [0.15, 0.2) is 53.3 Å². The molecule has 2 aromatic carbocycles. The van der Waals surface area contributed by atoms with Gasteiger partial charge in [-0.1, -0.05) is 32.0 Å². The molecule has 7 N–H and O–H groups in total. The molecule has 1 fully saturated rings. The Morgan fingerprint density at radius 3 is 2.38 bits per heavy atom. The number of phenolic OH excluding ortho intramolecular Hbond substituents is 1. The van der Waals surface area contributed by atoms with Gasteiger partial charge in [0, 0.05) is 22.0 Å². The summed E-state index contributed by atoms with van der Waals surface area (Å²) in [5.74, 6) is -6.60. The van der Waals surface area contributed by atoms with Gasteiger partial charge < -0.3 is 36.2 Å². The summed E-state index contributed by atoms with van der Waals surface area (Å²) in [6, 6.07) is 8.13. The van der Waals surface area contributed by atoms with Gasteiger partial charge in [-0.3, -0.25) is 28.9 Å². The Balaban J connectivity index is 1.67. The lowest BCUT2D eigenvalue weighted by atomic mass is 9.46. The maximum Gasteiger partial charge on any atom is 0.325 e. The van der Waals surface area contributed by atoms with Crippen LogP contribution in [0.25, 0.3) is 16.9 Å². The van der Waals surface area contributed by atoms with Crippen molar-refractivity contribution in [1.29, 1.82) is 0 Å². The number of nitrogens with two attached hydrogens (primary N) is 1. The minimum Gasteiger partial charge on any atom is -0.508 e. The summed E-state index contributed by atoms with van der Waals surface area (Å²) in [6.45, 7) is 4.64. The zero-order valence-electron chi connectivity index (χ0n) is 26.6. The lowest BCUT2D eigenvalue weighted by Crippen LogP contribution is -2.72. The molecular formula is C34H37N3O10. The monoisotopic (exact) mass is 647 g/mol. The number of ether oxygens (including phenoxy) is 1. The summed E-state index contributed by atoms with van der Waals surface area (Å²) >= 11 is 0. The number of phenols is 1. The van der Waals surface area contributed by atoms with Gasteiger partial charge in [0.25, 0.3) is 11.8 Å². The average molecular weight is 648 g/mol. The lowest BCUT2D eigenvalue weighted by molar-refractivity contribution is -0.176. The zero-order valence-corrected chi connectivity index (χ0v) is 26.6. The fourth-order valence-corrected chi connectivity index (χ4v) is 7.89. The summed E-state index contributed by atoms with van der Waals surface area (Å²) < 4.78 is 4.86. The normalized spacial score (nSPS) is 26.8. The van der Waals surface area contributed by atoms with Crippen molar-refractivity contribution in [2.24, 2.45) is 16.6 Å². The number of aliphatic hydroxyl groups is 3. The van der Waals surface area contributed by atoms with E-state index in [9.17, 15) is 44.4 Å². The standard InChI is InChI=1S/C34H37N3O10/c1-6-47-21(39)14-36-31(45)17-9-7-8-16(12-17)18-10-11-20(38)22-19(18)13-32(2)15-33(3)27(37(4)5)26(41)23(30(35)44)28(42)34(33,46)29(43)24(32)25(22)40/h7-12,27,38,40,42,46H,6,13-15H2,1-5H3,(H2,35,44)(H,36,45)/t27-,32+,33+,34-/m1/s1. The molecule has 0 bridgehead atoms. The van der Waals surface area contributed by atoms with E-state index in [1.165, 1.54) is 32.0 Å². The Hall–Kier alpha value is -5.01. The van der Waals surface area contributed by atoms with Gasteiger partial charge in [-0.15, -0.1) is 0 Å². The fraction of sp³-hybridized carbons (Fsp3) is 0.382. The molecule has 248 valence electrons. The van der Waals surface area contributed by atoms with E-state index in [0.717, 1.165) is 0 Å². The van der Waals surface area contributed by atoms with Crippen LogP contribution in [0.5, 0.6) is 5.75 Å². The number of likely N-dealkylation sites (N-methyl/N-ethyl adjacent to an activating group) is 1. The molecular weight excluding hydrogens is 610 g/mol. The van der Waals surface area contributed by atoms with Crippen molar-refractivity contribution in [3.05, 3.63) is 70.0 Å². The third kappa shape index (κ3) is 4.80. The Morgan fingerprint density at radius 2 is 1.77 bits per heavy atom. The first-order valence-electron chi connectivity index (χ1n) is 15.0. The number of nitrogens with one attached hydrogen (secondary N) is 1. The predicted octanol–water partition coefficient (Wildman–Crippen LogP) is 1.70. The molecule has 0 saturated heterocycles. The number of nitrogens with zero attached hydrogens (tertiary/aromatic N) is 1. The maximum absolute atomic E-state index is 14.4. The third-order valence-electron chi connectivity index (χ3n) is 9.65. The highest BCUT2D eigenvalue weighted by atomic mass is 16.5. The van der Waals surface area contributed by atoms with Gasteiger partial charge in [-0.2, -0.15) is 0 Å². The largest absolute Gasteiger partial charge is 0.508 e. The van der Waals surface area contributed by atoms with Crippen molar-refractivity contribution in [1.82, 2.24) is 10.2 Å². The van der Waals surface area contributed by atoms with Crippen LogP contribution >= 0.6 is 0 Å². The number of Topliss-reactive ketones (excluding diaryl/α,β-unsaturated/α-hetero) is 2. The van der Waals surface area contributed by atoms with Crippen LogP contribution in [-0.2, 0) is 30.3 Å². The molecule has 0 aromatic heterocycles. The number of carbonyl (C=O) groups excluding carboxylic acids is 5. The Bertz CT molecular complexity index is 1830. The second-order valence-corrected chi connectivity index (χ2v) is 13.0. The zero-order chi connectivity index (χ0) is 34.8. The number of carbonyl (C=O) groups is 5. The number of rotatable bonds is 7. The van der Waals surface area contributed by atoms with Crippen molar-refractivity contribution in [2.75, 3.05) is 27.2 Å². The number of fused-ring (bicyclic) bond motifs is 3. The third-order valence-corrected chi connectivity index (χ3v) is 9.65. The number of hydrogen-bond donors (Lipinski definition) is 6. The first-order valence-corrected chi connectivity index (χ1v) is 15.0. The molecule has 3 aliphatic rings. The minimum absolute atomic E-state index is 0.0314. The molecule has 13 nitrogen and oxygen atoms in total. The van der Waals surface area contributed by atoms with Crippen LogP contribution in [0.4, 0.5) is 0 Å². The van der Waals surface area contributed by atoms with Gasteiger partial charge in [-0.25, -0.2) is 0 Å². The molecule has 1 saturated carbocycles. The summed E-state index contributed by atoms with van der Waals surface area (Å²) in [5.41, 5.74) is 0.0855. The molecule has 2 amide bonds. The molecule has 5 rings (SSSR count). The molecule has 3 aliphatic carbocycles. The molecule has 13 heteroatoms. The smallest absolute Gasteiger partial charge is 0.325 e. The van der Waals surface area contributed by atoms with E-state index in [-0.39, 0.29) is 48.4 Å². The van der Waals surface area contributed by atoms with Gasteiger partial charge in [0.05, 0.1) is 18.2 Å². The second-order valence-electron chi connectivity index (χ2n) is 13.0. The maximum atomic E-state index is 14.4. The predicted molar refractivity (Wildman–Crippen MR) is 168 cm³/mol. The summed E-state index contributed by atoms with van der Waals surface area (Å²) in [5, 5.41) is 48.6. The number of esters is 1. The van der Waals surface area contributed by atoms with Crippen molar-refractivity contribution in [2.45, 2.75) is 45.3 Å². The first kappa shape index (κ1) is 33.4. The Kier molecular flexibility index (Phi) is 8.06. The lowest BCUT2D eigenvalue weighted by Gasteiger charge is -2.59. The molecule has 0 heterocycles. The summed E-state index contributed by atoms with van der Waals surface area (Å²) in [7, 11) is 3.07. The van der Waals surface area contributed by atoms with E-state index in [0.29, 0.717) is 16.7 Å². The van der Waals surface area contributed by atoms with Gasteiger partial charge in [0.2, 0.25) is 5.78 Å². The van der Waals surface area contributed by atoms with E-state index < -0.39 is 68.9 Å². The van der Waals surface area contributed by atoms with E-state index in [1.807, 2.05) is 0 Å². The van der Waals surface area contributed by atoms with Crippen LogP contribution in [0.3, 0.4) is 0 Å². The van der Waals surface area contributed by atoms with Crippen molar-refractivity contribution in [3.63, 3.8) is 0 Å². The topological polar surface area (TPSA) is 217 Å². The van der Waals surface area contributed by atoms with Crippen LogP contribution in [-0.4, -0.2) is 93.6 Å². The van der Waals surface area contributed by atoms with Crippen molar-refractivity contribution < 1.29 is 49.1 Å². The fourth-order valence-electron chi connectivity index (χ4n) is 7.89. The van der Waals surface area contributed by atoms with E-state index >= 15 is 0 Å².